The standard InChI is InChI=1S/C34H31ClN2O6/c1-42-30-18-23(17-25(35)34(30)43-20-22-13-15-24(16-14-22)37(40)41)31-32-26(9-5-11-28(32)38)36(19-21-7-3-2-4-8-21)27-10-6-12-29(39)33(27)31/h2-4,7-8,13-18,31H,5-6,9-12,19-20H2,1H3. The van der Waals surface area contributed by atoms with Gasteiger partial charge in [0.15, 0.2) is 23.1 Å². The molecular formula is C34H31ClN2O6. The van der Waals surface area contributed by atoms with Crippen LogP contribution in [0.15, 0.2) is 89.3 Å². The second-order valence-electron chi connectivity index (χ2n) is 11.0. The van der Waals surface area contributed by atoms with Gasteiger partial charge >= 0.3 is 0 Å². The third-order valence-corrected chi connectivity index (χ3v) is 8.67. The number of Topliss-reactive ketones (excluding diaryl/α,β-unsaturated/α-hetero) is 2. The Bertz CT molecular complexity index is 1620. The van der Waals surface area contributed by atoms with Crippen LogP contribution in [-0.2, 0) is 22.7 Å². The zero-order valence-electron chi connectivity index (χ0n) is 23.8. The first kappa shape index (κ1) is 28.7. The first-order chi connectivity index (χ1) is 20.9. The number of allylic oxidation sites excluding steroid dienone is 4. The number of non-ortho nitro benzene ring substituents is 1. The number of rotatable bonds is 8. The molecular weight excluding hydrogens is 568 g/mol. The van der Waals surface area contributed by atoms with Gasteiger partial charge in [-0.2, -0.15) is 0 Å². The molecule has 1 aliphatic heterocycles. The van der Waals surface area contributed by atoms with Crippen molar-refractivity contribution in [2.45, 2.75) is 57.6 Å². The Morgan fingerprint density at radius 2 is 1.51 bits per heavy atom. The van der Waals surface area contributed by atoms with Gasteiger partial charge in [-0.05, 0) is 66.6 Å². The number of nitro groups is 1. The molecule has 3 aromatic carbocycles. The van der Waals surface area contributed by atoms with Crippen LogP contribution < -0.4 is 9.47 Å². The third-order valence-electron chi connectivity index (χ3n) is 8.39. The minimum Gasteiger partial charge on any atom is -0.493 e. The van der Waals surface area contributed by atoms with Crippen molar-refractivity contribution in [2.75, 3.05) is 7.11 Å². The molecule has 3 aliphatic rings. The molecule has 1 heterocycles. The van der Waals surface area contributed by atoms with Crippen molar-refractivity contribution in [2.24, 2.45) is 0 Å². The quantitative estimate of drug-likeness (QED) is 0.196. The summed E-state index contributed by atoms with van der Waals surface area (Å²) in [6, 6.07) is 19.8. The molecule has 0 fully saturated rings. The van der Waals surface area contributed by atoms with E-state index in [4.69, 9.17) is 21.1 Å². The summed E-state index contributed by atoms with van der Waals surface area (Å²) in [5.41, 5.74) is 5.89. The molecule has 0 spiro atoms. The summed E-state index contributed by atoms with van der Waals surface area (Å²) >= 11 is 6.82. The highest BCUT2D eigenvalue weighted by atomic mass is 35.5. The third kappa shape index (κ3) is 5.55. The number of nitro benzene ring substituents is 1. The molecule has 0 aromatic heterocycles. The van der Waals surface area contributed by atoms with Gasteiger partial charge in [0.2, 0.25) is 0 Å². The number of nitrogens with zero attached hydrogens (tertiary/aromatic N) is 2. The minimum absolute atomic E-state index is 0.00426. The Kier molecular flexibility index (Phi) is 8.04. The molecule has 0 radical (unpaired) electrons. The second-order valence-corrected chi connectivity index (χ2v) is 11.4. The first-order valence-corrected chi connectivity index (χ1v) is 14.8. The lowest BCUT2D eigenvalue weighted by atomic mass is 9.71. The topological polar surface area (TPSA) is 99.0 Å². The molecule has 8 nitrogen and oxygen atoms in total. The van der Waals surface area contributed by atoms with Crippen molar-refractivity contribution >= 4 is 28.9 Å². The van der Waals surface area contributed by atoms with Crippen LogP contribution >= 0.6 is 11.6 Å². The smallest absolute Gasteiger partial charge is 0.269 e. The number of ketones is 2. The van der Waals surface area contributed by atoms with E-state index >= 15 is 0 Å². The maximum Gasteiger partial charge on any atom is 0.269 e. The number of ether oxygens (including phenoxy) is 2. The van der Waals surface area contributed by atoms with E-state index in [1.165, 1.54) is 19.2 Å². The molecule has 0 atom stereocenters. The molecule has 0 saturated heterocycles. The van der Waals surface area contributed by atoms with Crippen molar-refractivity contribution in [3.63, 3.8) is 0 Å². The number of hydrogen-bond acceptors (Lipinski definition) is 7. The molecule has 0 amide bonds. The molecule has 220 valence electrons. The SMILES string of the molecule is COc1cc(C2C3=C(CCCC3=O)N(Cc3ccccc3)C3=C2C(=O)CCC3)cc(Cl)c1OCc1ccc([N+](=O)[O-])cc1. The number of carbonyl (C=O) groups excluding carboxylic acids is 2. The van der Waals surface area contributed by atoms with Gasteiger partial charge in [-0.1, -0.05) is 41.9 Å². The molecule has 0 unspecified atom stereocenters. The minimum atomic E-state index is -0.534. The Morgan fingerprint density at radius 1 is 0.884 bits per heavy atom. The predicted molar refractivity (Wildman–Crippen MR) is 162 cm³/mol. The summed E-state index contributed by atoms with van der Waals surface area (Å²) in [4.78, 5) is 40.1. The fraction of sp³-hybridized carbons (Fsp3) is 0.294. The van der Waals surface area contributed by atoms with Crippen molar-refractivity contribution in [3.8, 4) is 11.5 Å². The summed E-state index contributed by atoms with van der Waals surface area (Å²) in [6.07, 6.45) is 3.93. The summed E-state index contributed by atoms with van der Waals surface area (Å²) in [6.45, 7) is 0.720. The molecule has 9 heteroatoms. The monoisotopic (exact) mass is 598 g/mol. The van der Waals surface area contributed by atoms with Crippen LogP contribution in [0.1, 0.15) is 61.1 Å². The lowest BCUT2D eigenvalue weighted by Crippen LogP contribution is -2.38. The lowest BCUT2D eigenvalue weighted by Gasteiger charge is -2.44. The zero-order chi connectivity index (χ0) is 30.1. The van der Waals surface area contributed by atoms with Crippen LogP contribution in [0.25, 0.3) is 0 Å². The Morgan fingerprint density at radius 3 is 2.09 bits per heavy atom. The second kappa shape index (κ2) is 12.1. The van der Waals surface area contributed by atoms with E-state index in [2.05, 4.69) is 17.0 Å². The zero-order valence-corrected chi connectivity index (χ0v) is 24.6. The summed E-state index contributed by atoms with van der Waals surface area (Å²) in [7, 11) is 1.52. The van der Waals surface area contributed by atoms with E-state index in [1.807, 2.05) is 24.3 Å². The Hall–Kier alpha value is -4.43. The van der Waals surface area contributed by atoms with Gasteiger partial charge in [0.25, 0.3) is 5.69 Å². The van der Waals surface area contributed by atoms with Gasteiger partial charge in [0, 0.05) is 60.0 Å². The fourth-order valence-corrected chi connectivity index (χ4v) is 6.70. The highest BCUT2D eigenvalue weighted by molar-refractivity contribution is 6.32. The molecule has 0 N–H and O–H groups in total. The number of halogens is 1. The summed E-state index contributed by atoms with van der Waals surface area (Å²) in [5.74, 6) is 0.284. The van der Waals surface area contributed by atoms with Gasteiger partial charge in [-0.25, -0.2) is 0 Å². The van der Waals surface area contributed by atoms with Crippen LogP contribution in [0.5, 0.6) is 11.5 Å². The molecule has 6 rings (SSSR count). The average molecular weight is 599 g/mol. The number of methoxy groups -OCH3 is 1. The first-order valence-electron chi connectivity index (χ1n) is 14.4. The number of carbonyl (C=O) groups is 2. The fourth-order valence-electron chi connectivity index (χ4n) is 6.42. The van der Waals surface area contributed by atoms with E-state index in [9.17, 15) is 19.7 Å². The van der Waals surface area contributed by atoms with Crippen molar-refractivity contribution in [1.82, 2.24) is 4.90 Å². The molecule has 0 bridgehead atoms. The van der Waals surface area contributed by atoms with Crippen LogP contribution in [0.2, 0.25) is 5.02 Å². The summed E-state index contributed by atoms with van der Waals surface area (Å²) in [5, 5.41) is 11.3. The number of benzene rings is 3. The summed E-state index contributed by atoms with van der Waals surface area (Å²) < 4.78 is 11.7. The van der Waals surface area contributed by atoms with E-state index in [1.54, 1.807) is 18.2 Å². The van der Waals surface area contributed by atoms with Crippen molar-refractivity contribution < 1.29 is 24.0 Å². The highest BCUT2D eigenvalue weighted by Crippen LogP contribution is 2.51. The van der Waals surface area contributed by atoms with E-state index in [-0.39, 0.29) is 23.9 Å². The predicted octanol–water partition coefficient (Wildman–Crippen LogP) is 7.45. The Labute approximate surface area is 254 Å². The molecule has 0 saturated carbocycles. The van der Waals surface area contributed by atoms with Gasteiger partial charge in [0.1, 0.15) is 6.61 Å². The number of hydrogen-bond donors (Lipinski definition) is 0. The molecule has 43 heavy (non-hydrogen) atoms. The molecule has 3 aromatic rings. The van der Waals surface area contributed by atoms with Gasteiger partial charge < -0.3 is 14.4 Å². The largest absolute Gasteiger partial charge is 0.493 e. The van der Waals surface area contributed by atoms with Crippen LogP contribution in [-0.4, -0.2) is 28.5 Å². The van der Waals surface area contributed by atoms with E-state index < -0.39 is 10.8 Å². The van der Waals surface area contributed by atoms with E-state index in [0.29, 0.717) is 47.1 Å². The maximum atomic E-state index is 13.7. The van der Waals surface area contributed by atoms with Crippen molar-refractivity contribution in [3.05, 3.63) is 121 Å². The van der Waals surface area contributed by atoms with Crippen LogP contribution in [0, 0.1) is 10.1 Å². The van der Waals surface area contributed by atoms with E-state index in [0.717, 1.165) is 53.8 Å². The Balaban J connectivity index is 1.40. The van der Waals surface area contributed by atoms with Crippen LogP contribution in [0.3, 0.4) is 0 Å². The van der Waals surface area contributed by atoms with Gasteiger partial charge in [-0.3, -0.25) is 19.7 Å². The van der Waals surface area contributed by atoms with Gasteiger partial charge in [0.05, 0.1) is 17.1 Å². The normalized spacial score (nSPS) is 17.1. The maximum absolute atomic E-state index is 13.7. The van der Waals surface area contributed by atoms with Crippen molar-refractivity contribution in [1.29, 1.82) is 0 Å². The molecule has 2 aliphatic carbocycles. The van der Waals surface area contributed by atoms with Crippen LogP contribution in [0.4, 0.5) is 5.69 Å². The average Bonchev–Trinajstić information content (AvgIpc) is 3.01. The highest BCUT2D eigenvalue weighted by Gasteiger charge is 2.43. The van der Waals surface area contributed by atoms with Gasteiger partial charge in [-0.15, -0.1) is 0 Å². The lowest BCUT2D eigenvalue weighted by molar-refractivity contribution is -0.384.